The van der Waals surface area contributed by atoms with Gasteiger partial charge in [0.05, 0.1) is 6.54 Å². The topological polar surface area (TPSA) is 40.5 Å². The highest BCUT2D eigenvalue weighted by Crippen LogP contribution is 2.01. The first-order valence-corrected chi connectivity index (χ1v) is 5.88. The van der Waals surface area contributed by atoms with Crippen LogP contribution in [0.5, 0.6) is 0 Å². The van der Waals surface area contributed by atoms with Crippen molar-refractivity contribution >= 4 is 12.0 Å². The fraction of sp³-hybridized carbons (Fsp3) is 0.357. The van der Waals surface area contributed by atoms with E-state index in [1.807, 2.05) is 47.4 Å². The van der Waals surface area contributed by atoms with Crippen LogP contribution in [0.3, 0.4) is 0 Å². The van der Waals surface area contributed by atoms with E-state index in [9.17, 15) is 4.79 Å². The molecule has 1 aromatic rings. The zero-order valence-corrected chi connectivity index (χ0v) is 10.2. The van der Waals surface area contributed by atoms with Gasteiger partial charge in [-0.1, -0.05) is 49.4 Å². The lowest BCUT2D eigenvalue weighted by atomic mass is 10.2. The average molecular weight is 233 g/mol. The molecule has 0 heterocycles. The summed E-state index contributed by atoms with van der Waals surface area (Å²) in [5.41, 5.74) is 1.14. The van der Waals surface area contributed by atoms with Crippen molar-refractivity contribution < 1.29 is 9.90 Å². The van der Waals surface area contributed by atoms with Gasteiger partial charge < -0.3 is 5.11 Å². The molecule has 0 bridgehead atoms. The number of rotatable bonds is 7. The van der Waals surface area contributed by atoms with Crippen molar-refractivity contribution in [3.63, 3.8) is 0 Å². The lowest BCUT2D eigenvalue weighted by molar-refractivity contribution is -0.138. The maximum Gasteiger partial charge on any atom is 0.317 e. The highest BCUT2D eigenvalue weighted by molar-refractivity contribution is 5.69. The van der Waals surface area contributed by atoms with Crippen molar-refractivity contribution in [1.82, 2.24) is 4.90 Å². The van der Waals surface area contributed by atoms with Crippen LogP contribution in [-0.4, -0.2) is 35.6 Å². The van der Waals surface area contributed by atoms with E-state index in [1.165, 1.54) is 0 Å². The SMILES string of the molecule is CCCN(CC=Cc1ccccc1)CC(=O)O. The zero-order valence-electron chi connectivity index (χ0n) is 10.2. The Morgan fingerprint density at radius 2 is 2.06 bits per heavy atom. The van der Waals surface area contributed by atoms with Crippen LogP contribution in [0, 0.1) is 0 Å². The largest absolute Gasteiger partial charge is 0.480 e. The number of carbonyl (C=O) groups is 1. The third-order valence-corrected chi connectivity index (χ3v) is 2.37. The number of carboxylic acid groups (broad SMARTS) is 1. The summed E-state index contributed by atoms with van der Waals surface area (Å²) in [6.07, 6.45) is 4.99. The first-order chi connectivity index (χ1) is 8.22. The summed E-state index contributed by atoms with van der Waals surface area (Å²) in [6.45, 7) is 3.64. The summed E-state index contributed by atoms with van der Waals surface area (Å²) in [6, 6.07) is 10.0. The predicted molar refractivity (Wildman–Crippen MR) is 69.8 cm³/mol. The summed E-state index contributed by atoms with van der Waals surface area (Å²) < 4.78 is 0. The number of benzene rings is 1. The van der Waals surface area contributed by atoms with Gasteiger partial charge in [-0.05, 0) is 18.5 Å². The third-order valence-electron chi connectivity index (χ3n) is 2.37. The Morgan fingerprint density at radius 1 is 1.35 bits per heavy atom. The van der Waals surface area contributed by atoms with E-state index >= 15 is 0 Å². The summed E-state index contributed by atoms with van der Waals surface area (Å²) in [5, 5.41) is 8.76. The Labute approximate surface area is 102 Å². The summed E-state index contributed by atoms with van der Waals surface area (Å²) in [5.74, 6) is -0.772. The van der Waals surface area contributed by atoms with Crippen LogP contribution in [0.1, 0.15) is 18.9 Å². The quantitative estimate of drug-likeness (QED) is 0.786. The van der Waals surface area contributed by atoms with Crippen LogP contribution in [0.4, 0.5) is 0 Å². The highest BCUT2D eigenvalue weighted by Gasteiger charge is 2.05. The van der Waals surface area contributed by atoms with Crippen molar-refractivity contribution in [2.45, 2.75) is 13.3 Å². The van der Waals surface area contributed by atoms with E-state index in [4.69, 9.17) is 5.11 Å². The van der Waals surface area contributed by atoms with Gasteiger partial charge in [0.15, 0.2) is 0 Å². The first-order valence-electron chi connectivity index (χ1n) is 5.88. The van der Waals surface area contributed by atoms with E-state index in [0.29, 0.717) is 6.54 Å². The van der Waals surface area contributed by atoms with Gasteiger partial charge in [-0.25, -0.2) is 0 Å². The minimum Gasteiger partial charge on any atom is -0.480 e. The third kappa shape index (κ3) is 5.88. The van der Waals surface area contributed by atoms with Crippen LogP contribution < -0.4 is 0 Å². The normalized spacial score (nSPS) is 11.2. The van der Waals surface area contributed by atoms with E-state index in [1.54, 1.807) is 0 Å². The lowest BCUT2D eigenvalue weighted by Gasteiger charge is -2.16. The number of carboxylic acids is 1. The van der Waals surface area contributed by atoms with Gasteiger partial charge in [-0.15, -0.1) is 0 Å². The molecule has 0 unspecified atom stereocenters. The van der Waals surface area contributed by atoms with E-state index in [0.717, 1.165) is 18.5 Å². The smallest absolute Gasteiger partial charge is 0.317 e. The molecule has 1 aromatic carbocycles. The molecule has 0 saturated heterocycles. The molecule has 0 aliphatic rings. The van der Waals surface area contributed by atoms with Crippen LogP contribution in [0.25, 0.3) is 6.08 Å². The van der Waals surface area contributed by atoms with Crippen molar-refractivity contribution in [2.75, 3.05) is 19.6 Å². The Balaban J connectivity index is 2.45. The molecule has 0 aromatic heterocycles. The Hall–Kier alpha value is -1.61. The van der Waals surface area contributed by atoms with Gasteiger partial charge >= 0.3 is 5.97 Å². The molecule has 3 heteroatoms. The van der Waals surface area contributed by atoms with Crippen molar-refractivity contribution in [3.05, 3.63) is 42.0 Å². The molecular weight excluding hydrogens is 214 g/mol. The monoisotopic (exact) mass is 233 g/mol. The molecule has 0 amide bonds. The number of aliphatic carboxylic acids is 1. The molecule has 3 nitrogen and oxygen atoms in total. The average Bonchev–Trinajstić information content (AvgIpc) is 2.30. The van der Waals surface area contributed by atoms with Crippen molar-refractivity contribution in [2.24, 2.45) is 0 Å². The highest BCUT2D eigenvalue weighted by atomic mass is 16.4. The minimum atomic E-state index is -0.772. The van der Waals surface area contributed by atoms with Crippen LogP contribution >= 0.6 is 0 Å². The fourth-order valence-electron chi connectivity index (χ4n) is 1.64. The molecule has 1 N–H and O–H groups in total. The van der Waals surface area contributed by atoms with E-state index in [2.05, 4.69) is 6.92 Å². The molecule has 0 spiro atoms. The fourth-order valence-corrected chi connectivity index (χ4v) is 1.64. The molecular formula is C14H19NO2. The van der Waals surface area contributed by atoms with Crippen molar-refractivity contribution in [1.29, 1.82) is 0 Å². The second-order valence-corrected chi connectivity index (χ2v) is 3.94. The minimum absolute atomic E-state index is 0.104. The molecule has 0 aliphatic carbocycles. The molecule has 0 saturated carbocycles. The molecule has 0 atom stereocenters. The van der Waals surface area contributed by atoms with E-state index < -0.39 is 5.97 Å². The standard InChI is InChI=1S/C14H19NO2/c1-2-10-15(12-14(16)17)11-6-9-13-7-4-3-5-8-13/h3-9H,2,10-12H2,1H3,(H,16,17). The maximum atomic E-state index is 10.7. The summed E-state index contributed by atoms with van der Waals surface area (Å²) >= 11 is 0. The second kappa shape index (κ2) is 7.63. The van der Waals surface area contributed by atoms with Crippen LogP contribution in [0.15, 0.2) is 36.4 Å². The van der Waals surface area contributed by atoms with Gasteiger partial charge in [0.2, 0.25) is 0 Å². The van der Waals surface area contributed by atoms with E-state index in [-0.39, 0.29) is 6.54 Å². The van der Waals surface area contributed by atoms with Crippen LogP contribution in [0.2, 0.25) is 0 Å². The number of hydrogen-bond donors (Lipinski definition) is 1. The van der Waals surface area contributed by atoms with Gasteiger partial charge in [-0.3, -0.25) is 9.69 Å². The number of hydrogen-bond acceptors (Lipinski definition) is 2. The second-order valence-electron chi connectivity index (χ2n) is 3.94. The van der Waals surface area contributed by atoms with Crippen molar-refractivity contribution in [3.8, 4) is 0 Å². The molecule has 17 heavy (non-hydrogen) atoms. The van der Waals surface area contributed by atoms with Gasteiger partial charge in [0.1, 0.15) is 0 Å². The lowest BCUT2D eigenvalue weighted by Crippen LogP contribution is -2.30. The van der Waals surface area contributed by atoms with Gasteiger partial charge in [0.25, 0.3) is 0 Å². The molecule has 1 rings (SSSR count). The first kappa shape index (κ1) is 13.5. The summed E-state index contributed by atoms with van der Waals surface area (Å²) in [4.78, 5) is 12.6. The Kier molecular flexibility index (Phi) is 6.04. The Bertz CT molecular complexity index is 360. The Morgan fingerprint density at radius 3 is 2.65 bits per heavy atom. The van der Waals surface area contributed by atoms with Crippen LogP contribution in [-0.2, 0) is 4.79 Å². The molecule has 0 aliphatic heterocycles. The molecule has 92 valence electrons. The van der Waals surface area contributed by atoms with Gasteiger partial charge in [-0.2, -0.15) is 0 Å². The summed E-state index contributed by atoms with van der Waals surface area (Å²) in [7, 11) is 0. The zero-order chi connectivity index (χ0) is 12.5. The van der Waals surface area contributed by atoms with Gasteiger partial charge in [0, 0.05) is 6.54 Å². The predicted octanol–water partition coefficient (Wildman–Crippen LogP) is 2.50. The molecule has 0 radical (unpaired) electrons. The maximum absolute atomic E-state index is 10.7. The number of nitrogens with zero attached hydrogens (tertiary/aromatic N) is 1. The molecule has 0 fully saturated rings.